The number of aromatic nitrogens is 2. The van der Waals surface area contributed by atoms with Crippen LogP contribution >= 0.6 is 0 Å². The van der Waals surface area contributed by atoms with Gasteiger partial charge >= 0.3 is 6.09 Å². The summed E-state index contributed by atoms with van der Waals surface area (Å²) in [6.45, 7) is 1.98. The molecule has 1 heterocycles. The summed E-state index contributed by atoms with van der Waals surface area (Å²) >= 11 is 0. The zero-order chi connectivity index (χ0) is 17.3. The van der Waals surface area contributed by atoms with Gasteiger partial charge < -0.3 is 20.5 Å². The van der Waals surface area contributed by atoms with Crippen LogP contribution in [0.1, 0.15) is 44.2 Å². The van der Waals surface area contributed by atoms with Gasteiger partial charge in [0.05, 0.1) is 6.10 Å². The van der Waals surface area contributed by atoms with Crippen molar-refractivity contribution in [3.8, 4) is 0 Å². The van der Waals surface area contributed by atoms with Crippen molar-refractivity contribution in [2.75, 3.05) is 12.4 Å². The van der Waals surface area contributed by atoms with Gasteiger partial charge in [0, 0.05) is 30.7 Å². The molecule has 2 fully saturated rings. The Bertz CT molecular complexity index is 617. The van der Waals surface area contributed by atoms with Crippen molar-refractivity contribution >= 4 is 17.8 Å². The Morgan fingerprint density at radius 2 is 2.21 bits per heavy atom. The Balaban J connectivity index is 1.51. The fourth-order valence-corrected chi connectivity index (χ4v) is 3.53. The lowest BCUT2D eigenvalue weighted by Gasteiger charge is -2.09. The van der Waals surface area contributed by atoms with Crippen LogP contribution in [0.15, 0.2) is 6.07 Å². The van der Waals surface area contributed by atoms with Crippen molar-refractivity contribution in [1.82, 2.24) is 10.2 Å². The van der Waals surface area contributed by atoms with E-state index in [0.717, 1.165) is 25.0 Å². The Morgan fingerprint density at radius 3 is 2.92 bits per heavy atom. The number of carbonyl (C=O) groups excluding carboxylic acids is 2. The van der Waals surface area contributed by atoms with Crippen LogP contribution in [0.3, 0.4) is 0 Å². The molecule has 8 nitrogen and oxygen atoms in total. The maximum Gasteiger partial charge on any atom is 0.404 e. The quantitative estimate of drug-likeness (QED) is 0.731. The van der Waals surface area contributed by atoms with Crippen LogP contribution in [-0.2, 0) is 14.3 Å². The largest absolute Gasteiger partial charge is 0.446 e. The Labute approximate surface area is 140 Å². The Kier molecular flexibility index (Phi) is 4.75. The average Bonchev–Trinajstić information content (AvgIpc) is 2.99. The molecule has 0 saturated heterocycles. The maximum absolute atomic E-state index is 12.2. The number of hydrogen-bond donors (Lipinski definition) is 3. The van der Waals surface area contributed by atoms with E-state index in [1.54, 1.807) is 7.11 Å². The lowest BCUT2D eigenvalue weighted by Crippen LogP contribution is -2.20. The van der Waals surface area contributed by atoms with Crippen LogP contribution in [0.25, 0.3) is 0 Å². The molecule has 24 heavy (non-hydrogen) atoms. The topological polar surface area (TPSA) is 119 Å². The van der Waals surface area contributed by atoms with Gasteiger partial charge in [-0.2, -0.15) is 5.10 Å². The molecule has 3 rings (SSSR count). The number of aromatic amines is 1. The predicted molar refractivity (Wildman–Crippen MR) is 86.3 cm³/mol. The van der Waals surface area contributed by atoms with E-state index in [2.05, 4.69) is 15.5 Å². The summed E-state index contributed by atoms with van der Waals surface area (Å²) in [7, 11) is 1.66. The number of nitrogens with zero attached hydrogens (tertiary/aromatic N) is 1. The third kappa shape index (κ3) is 3.69. The summed E-state index contributed by atoms with van der Waals surface area (Å²) in [5.74, 6) is 1.04. The average molecular weight is 336 g/mol. The van der Waals surface area contributed by atoms with E-state index in [1.807, 2.05) is 13.0 Å². The number of amides is 2. The van der Waals surface area contributed by atoms with E-state index in [0.29, 0.717) is 12.2 Å². The van der Waals surface area contributed by atoms with Crippen molar-refractivity contribution in [1.29, 1.82) is 0 Å². The first-order chi connectivity index (χ1) is 11.5. The number of nitrogens with one attached hydrogen (secondary N) is 2. The number of nitrogens with two attached hydrogens (primary N) is 1. The molecule has 2 aliphatic rings. The monoisotopic (exact) mass is 336 g/mol. The highest BCUT2D eigenvalue weighted by Crippen LogP contribution is 2.43. The highest BCUT2D eigenvalue weighted by molar-refractivity contribution is 5.93. The summed E-state index contributed by atoms with van der Waals surface area (Å²) in [6, 6.07) is 1.85. The SMILES string of the molecule is CO[C@H](C)[C@H]1C[C@@H]1C(=O)Nc1cc([C@H]2CC[C@@H](OC(N)=O)C2)[nH]n1. The summed E-state index contributed by atoms with van der Waals surface area (Å²) in [5.41, 5.74) is 6.00. The van der Waals surface area contributed by atoms with Crippen molar-refractivity contribution in [2.45, 2.75) is 50.7 Å². The highest BCUT2D eigenvalue weighted by atomic mass is 16.6. The number of primary amides is 1. The fourth-order valence-electron chi connectivity index (χ4n) is 3.53. The molecule has 0 aliphatic heterocycles. The first kappa shape index (κ1) is 16.8. The summed E-state index contributed by atoms with van der Waals surface area (Å²) in [4.78, 5) is 23.0. The molecule has 5 atom stereocenters. The minimum Gasteiger partial charge on any atom is -0.446 e. The molecule has 0 bridgehead atoms. The Morgan fingerprint density at radius 1 is 1.42 bits per heavy atom. The third-order valence-corrected chi connectivity index (χ3v) is 5.11. The molecule has 0 aromatic carbocycles. The molecule has 132 valence electrons. The van der Waals surface area contributed by atoms with Crippen molar-refractivity contribution < 1.29 is 19.1 Å². The number of carbonyl (C=O) groups is 2. The minimum atomic E-state index is -0.734. The van der Waals surface area contributed by atoms with Crippen molar-refractivity contribution in [3.63, 3.8) is 0 Å². The number of ether oxygens (including phenoxy) is 2. The molecule has 1 aromatic rings. The van der Waals surface area contributed by atoms with E-state index in [1.165, 1.54) is 0 Å². The van der Waals surface area contributed by atoms with Gasteiger partial charge in [0.2, 0.25) is 5.91 Å². The van der Waals surface area contributed by atoms with Crippen molar-refractivity contribution in [2.24, 2.45) is 17.6 Å². The smallest absolute Gasteiger partial charge is 0.404 e. The molecule has 2 amide bonds. The molecule has 2 saturated carbocycles. The minimum absolute atomic E-state index is 0.0000671. The molecule has 1 aromatic heterocycles. The Hall–Kier alpha value is -2.09. The highest BCUT2D eigenvalue weighted by Gasteiger charge is 2.46. The van der Waals surface area contributed by atoms with Crippen LogP contribution in [-0.4, -0.2) is 41.5 Å². The first-order valence-corrected chi connectivity index (χ1v) is 8.33. The molecular formula is C16H24N4O4. The third-order valence-electron chi connectivity index (χ3n) is 5.11. The second-order valence-electron chi connectivity index (χ2n) is 6.71. The number of hydrogen-bond acceptors (Lipinski definition) is 5. The lowest BCUT2D eigenvalue weighted by molar-refractivity contribution is -0.118. The summed E-state index contributed by atoms with van der Waals surface area (Å²) in [5, 5.41) is 9.99. The van der Waals surface area contributed by atoms with Crippen LogP contribution < -0.4 is 11.1 Å². The van der Waals surface area contributed by atoms with Gasteiger partial charge in [-0.15, -0.1) is 0 Å². The van der Waals surface area contributed by atoms with Crippen molar-refractivity contribution in [3.05, 3.63) is 11.8 Å². The molecule has 0 radical (unpaired) electrons. The standard InChI is InChI=1S/C16H24N4O4/c1-8(23-2)11-6-12(11)15(21)18-14-7-13(19-20-14)9-3-4-10(5-9)24-16(17)22/h7-12H,3-6H2,1-2H3,(H2,17,22)(H2,18,19,20,21)/t8-,9+,10-,11-,12+/m1/s1. The van der Waals surface area contributed by atoms with Gasteiger partial charge in [0.1, 0.15) is 6.10 Å². The molecule has 0 unspecified atom stereocenters. The van der Waals surface area contributed by atoms with E-state index in [9.17, 15) is 9.59 Å². The zero-order valence-corrected chi connectivity index (χ0v) is 14.0. The fraction of sp³-hybridized carbons (Fsp3) is 0.688. The molecular weight excluding hydrogens is 312 g/mol. The number of methoxy groups -OCH3 is 1. The molecule has 4 N–H and O–H groups in total. The normalized spacial score (nSPS) is 29.9. The van der Waals surface area contributed by atoms with Crippen LogP contribution in [0.5, 0.6) is 0 Å². The number of rotatable bonds is 6. The van der Waals surface area contributed by atoms with E-state index >= 15 is 0 Å². The van der Waals surface area contributed by atoms with Crippen LogP contribution in [0.2, 0.25) is 0 Å². The number of anilines is 1. The maximum atomic E-state index is 12.2. The first-order valence-electron chi connectivity index (χ1n) is 8.33. The predicted octanol–water partition coefficient (Wildman–Crippen LogP) is 1.75. The van der Waals surface area contributed by atoms with Crippen LogP contribution in [0.4, 0.5) is 10.6 Å². The van der Waals surface area contributed by atoms with Gasteiger partial charge in [-0.1, -0.05) is 0 Å². The van der Waals surface area contributed by atoms with Gasteiger partial charge in [-0.25, -0.2) is 4.79 Å². The van der Waals surface area contributed by atoms with E-state index < -0.39 is 6.09 Å². The van der Waals surface area contributed by atoms with Crippen LogP contribution in [0, 0.1) is 11.8 Å². The zero-order valence-electron chi connectivity index (χ0n) is 14.0. The molecule has 0 spiro atoms. The molecule has 2 aliphatic carbocycles. The molecule has 8 heteroatoms. The second kappa shape index (κ2) is 6.80. The summed E-state index contributed by atoms with van der Waals surface area (Å²) in [6.07, 6.45) is 2.47. The second-order valence-corrected chi connectivity index (χ2v) is 6.71. The van der Waals surface area contributed by atoms with E-state index in [4.69, 9.17) is 15.2 Å². The van der Waals surface area contributed by atoms with Gasteiger partial charge in [0.15, 0.2) is 5.82 Å². The lowest BCUT2D eigenvalue weighted by atomic mass is 10.0. The number of H-pyrrole nitrogens is 1. The van der Waals surface area contributed by atoms with Gasteiger partial charge in [-0.3, -0.25) is 9.89 Å². The van der Waals surface area contributed by atoms with Gasteiger partial charge in [0.25, 0.3) is 0 Å². The summed E-state index contributed by atoms with van der Waals surface area (Å²) < 4.78 is 10.3. The van der Waals surface area contributed by atoms with Gasteiger partial charge in [-0.05, 0) is 38.5 Å². The van der Waals surface area contributed by atoms with E-state index in [-0.39, 0.29) is 35.9 Å².